The Hall–Kier alpha value is -1.72. The van der Waals surface area contributed by atoms with Crippen LogP contribution in [0.1, 0.15) is 25.0 Å². The van der Waals surface area contributed by atoms with Gasteiger partial charge in [-0.15, -0.1) is 16.9 Å². The molecule has 0 saturated heterocycles. The van der Waals surface area contributed by atoms with Crippen LogP contribution >= 0.6 is 23.5 Å². The molecule has 0 amide bonds. The molecule has 0 heterocycles. The van der Waals surface area contributed by atoms with Crippen molar-refractivity contribution in [3.63, 3.8) is 0 Å². The summed E-state index contributed by atoms with van der Waals surface area (Å²) in [5, 5.41) is 8.71. The second kappa shape index (κ2) is 10.2. The van der Waals surface area contributed by atoms with E-state index < -0.39 is 0 Å². The molecule has 24 heavy (non-hydrogen) atoms. The van der Waals surface area contributed by atoms with Gasteiger partial charge < -0.3 is 5.73 Å². The molecule has 3 nitrogen and oxygen atoms in total. The lowest BCUT2D eigenvalue weighted by Gasteiger charge is -2.06. The highest BCUT2D eigenvalue weighted by Crippen LogP contribution is 2.23. The van der Waals surface area contributed by atoms with Gasteiger partial charge in [-0.2, -0.15) is 5.10 Å². The summed E-state index contributed by atoms with van der Waals surface area (Å²) >= 11 is 3.34. The van der Waals surface area contributed by atoms with Crippen molar-refractivity contribution >= 4 is 34.9 Å². The highest BCUT2D eigenvalue weighted by Gasteiger charge is 2.02. The molecular weight excluding hydrogens is 334 g/mol. The summed E-state index contributed by atoms with van der Waals surface area (Å²) in [5.74, 6) is 2.54. The minimum Gasteiger partial charge on any atom is -0.377 e. The minimum absolute atomic E-state index is 0.474. The van der Waals surface area contributed by atoms with Gasteiger partial charge in [-0.1, -0.05) is 74.1 Å². The normalized spacial score (nSPS) is 12.2. The molecule has 0 saturated carbocycles. The van der Waals surface area contributed by atoms with Crippen molar-refractivity contribution in [1.29, 1.82) is 0 Å². The van der Waals surface area contributed by atoms with Crippen LogP contribution in [0.15, 0.2) is 69.7 Å². The van der Waals surface area contributed by atoms with E-state index in [0.717, 1.165) is 17.1 Å². The van der Waals surface area contributed by atoms with Crippen molar-refractivity contribution in [3.8, 4) is 0 Å². The summed E-state index contributed by atoms with van der Waals surface area (Å²) in [6, 6.07) is 18.4. The number of thioether (sulfide) groups is 2. The maximum Gasteiger partial charge on any atom is 0.180 e. The van der Waals surface area contributed by atoms with Gasteiger partial charge in [-0.05, 0) is 17.5 Å². The minimum atomic E-state index is 0.474. The lowest BCUT2D eigenvalue weighted by molar-refractivity contribution is 0.750. The first-order chi connectivity index (χ1) is 11.6. The van der Waals surface area contributed by atoms with Crippen LogP contribution in [-0.4, -0.2) is 17.1 Å². The Morgan fingerprint density at radius 1 is 1.08 bits per heavy atom. The quantitative estimate of drug-likeness (QED) is 0.328. The zero-order valence-corrected chi connectivity index (χ0v) is 15.7. The molecule has 5 heteroatoms. The number of amidine groups is 1. The monoisotopic (exact) mass is 357 g/mol. The molecule has 2 aromatic carbocycles. The molecule has 2 rings (SSSR count). The molecule has 0 unspecified atom stereocenters. The highest BCUT2D eigenvalue weighted by atomic mass is 32.2. The van der Waals surface area contributed by atoms with E-state index in [-0.39, 0.29) is 0 Å². The van der Waals surface area contributed by atoms with Crippen LogP contribution in [0.25, 0.3) is 0 Å². The Morgan fingerprint density at radius 3 is 2.54 bits per heavy atom. The van der Waals surface area contributed by atoms with E-state index in [9.17, 15) is 0 Å². The number of rotatable bonds is 7. The Bertz CT molecular complexity index is 682. The van der Waals surface area contributed by atoms with Crippen LogP contribution in [0.4, 0.5) is 0 Å². The van der Waals surface area contributed by atoms with Crippen LogP contribution in [0.2, 0.25) is 0 Å². The van der Waals surface area contributed by atoms with Gasteiger partial charge in [0, 0.05) is 22.0 Å². The number of nitrogens with zero attached hydrogens (tertiary/aromatic N) is 2. The van der Waals surface area contributed by atoms with E-state index in [4.69, 9.17) is 5.73 Å². The predicted molar refractivity (Wildman–Crippen MR) is 109 cm³/mol. The fraction of sp³-hybridized carbons (Fsp3) is 0.263. The van der Waals surface area contributed by atoms with Gasteiger partial charge in [-0.3, -0.25) is 0 Å². The van der Waals surface area contributed by atoms with E-state index in [2.05, 4.69) is 48.3 Å². The van der Waals surface area contributed by atoms with Crippen molar-refractivity contribution in [2.45, 2.75) is 24.5 Å². The van der Waals surface area contributed by atoms with E-state index in [0.29, 0.717) is 11.1 Å². The van der Waals surface area contributed by atoms with Gasteiger partial charge in [0.2, 0.25) is 0 Å². The molecule has 2 aromatic rings. The van der Waals surface area contributed by atoms with Gasteiger partial charge >= 0.3 is 0 Å². The van der Waals surface area contributed by atoms with Crippen molar-refractivity contribution in [2.75, 3.05) is 5.75 Å². The molecule has 0 radical (unpaired) electrons. The molecular formula is C19H23N3S2. The SMILES string of the molecule is CC(C)CSc1ccccc1C=NN=C(N)SCc1ccccc1. The lowest BCUT2D eigenvalue weighted by Crippen LogP contribution is -2.06. The Kier molecular flexibility index (Phi) is 7.92. The van der Waals surface area contributed by atoms with E-state index >= 15 is 0 Å². The molecule has 2 N–H and O–H groups in total. The van der Waals surface area contributed by atoms with Crippen LogP contribution in [0, 0.1) is 5.92 Å². The average molecular weight is 358 g/mol. The van der Waals surface area contributed by atoms with Crippen LogP contribution in [0.3, 0.4) is 0 Å². The summed E-state index contributed by atoms with van der Waals surface area (Å²) in [6.45, 7) is 4.44. The summed E-state index contributed by atoms with van der Waals surface area (Å²) in [5.41, 5.74) is 8.22. The van der Waals surface area contributed by atoms with Crippen LogP contribution in [0.5, 0.6) is 0 Å². The predicted octanol–water partition coefficient (Wildman–Crippen LogP) is 5.02. The molecule has 0 fully saturated rings. The highest BCUT2D eigenvalue weighted by molar-refractivity contribution is 8.13. The molecule has 0 aliphatic heterocycles. The number of hydrogen-bond donors (Lipinski definition) is 1. The van der Waals surface area contributed by atoms with Gasteiger partial charge in [-0.25, -0.2) is 0 Å². The smallest absolute Gasteiger partial charge is 0.180 e. The molecule has 0 aromatic heterocycles. The number of benzene rings is 2. The lowest BCUT2D eigenvalue weighted by atomic mass is 10.2. The Balaban J connectivity index is 1.92. The summed E-state index contributed by atoms with van der Waals surface area (Å²) in [4.78, 5) is 1.22. The first-order valence-electron chi connectivity index (χ1n) is 7.90. The third kappa shape index (κ3) is 6.81. The number of hydrogen-bond acceptors (Lipinski definition) is 4. The average Bonchev–Trinajstić information content (AvgIpc) is 2.60. The van der Waals surface area contributed by atoms with Crippen LogP contribution < -0.4 is 5.73 Å². The van der Waals surface area contributed by atoms with Crippen molar-refractivity contribution in [1.82, 2.24) is 0 Å². The first kappa shape index (κ1) is 18.6. The van der Waals surface area contributed by atoms with E-state index in [1.54, 1.807) is 6.21 Å². The fourth-order valence-corrected chi connectivity index (χ4v) is 3.47. The molecule has 0 spiro atoms. The van der Waals surface area contributed by atoms with Crippen LogP contribution in [-0.2, 0) is 5.75 Å². The fourth-order valence-electron chi connectivity index (χ4n) is 1.88. The molecule has 0 bridgehead atoms. The molecule has 0 aliphatic rings. The topological polar surface area (TPSA) is 50.7 Å². The zero-order valence-electron chi connectivity index (χ0n) is 14.1. The third-order valence-electron chi connectivity index (χ3n) is 3.07. The summed E-state index contributed by atoms with van der Waals surface area (Å²) < 4.78 is 0. The molecule has 0 aliphatic carbocycles. The van der Waals surface area contributed by atoms with Crippen molar-refractivity contribution in [2.24, 2.45) is 21.9 Å². The van der Waals surface area contributed by atoms with Gasteiger partial charge in [0.25, 0.3) is 0 Å². The zero-order chi connectivity index (χ0) is 17.2. The van der Waals surface area contributed by atoms with Crippen molar-refractivity contribution < 1.29 is 0 Å². The van der Waals surface area contributed by atoms with E-state index in [1.807, 2.05) is 42.1 Å². The summed E-state index contributed by atoms with van der Waals surface area (Å²) in [6.07, 6.45) is 1.78. The Morgan fingerprint density at radius 2 is 1.79 bits per heavy atom. The molecule has 126 valence electrons. The van der Waals surface area contributed by atoms with Gasteiger partial charge in [0.15, 0.2) is 5.17 Å². The summed E-state index contributed by atoms with van der Waals surface area (Å²) in [7, 11) is 0. The maximum atomic E-state index is 5.92. The largest absolute Gasteiger partial charge is 0.377 e. The third-order valence-corrected chi connectivity index (χ3v) is 5.45. The van der Waals surface area contributed by atoms with Crippen molar-refractivity contribution in [3.05, 3.63) is 65.7 Å². The van der Waals surface area contributed by atoms with Gasteiger partial charge in [0.05, 0.1) is 6.21 Å². The second-order valence-electron chi connectivity index (χ2n) is 5.70. The second-order valence-corrected chi connectivity index (χ2v) is 7.76. The standard InChI is InChI=1S/C19H23N3S2/c1-15(2)13-23-18-11-7-6-10-17(18)12-21-22-19(20)24-14-16-8-4-3-5-9-16/h3-12,15H,13-14H2,1-2H3,(H2,20,22). The maximum absolute atomic E-state index is 5.92. The van der Waals surface area contributed by atoms with E-state index in [1.165, 1.54) is 22.2 Å². The Labute approximate surface area is 152 Å². The number of nitrogens with two attached hydrogens (primary N) is 1. The first-order valence-corrected chi connectivity index (χ1v) is 9.87. The molecule has 0 atom stereocenters. The van der Waals surface area contributed by atoms with Gasteiger partial charge in [0.1, 0.15) is 0 Å².